The molecule has 7 heteroatoms. The van der Waals surface area contributed by atoms with Crippen LogP contribution >= 0.6 is 0 Å². The quantitative estimate of drug-likeness (QED) is 0.793. The zero-order valence-electron chi connectivity index (χ0n) is 11.9. The van der Waals surface area contributed by atoms with Crippen molar-refractivity contribution in [3.8, 4) is 17.6 Å². The summed E-state index contributed by atoms with van der Waals surface area (Å²) in [6, 6.07) is 9.93. The SMILES string of the molecule is CCn1nc(C)c(N)c1Oc1ncn(-c2ccccc2)n1. The monoisotopic (exact) mass is 284 g/mol. The summed E-state index contributed by atoms with van der Waals surface area (Å²) in [5.41, 5.74) is 8.12. The molecule has 2 heterocycles. The number of nitrogen functional groups attached to an aromatic ring is 1. The lowest BCUT2D eigenvalue weighted by Gasteiger charge is -2.04. The molecule has 3 rings (SSSR count). The summed E-state index contributed by atoms with van der Waals surface area (Å²) in [5, 5.41) is 8.58. The molecule has 0 radical (unpaired) electrons. The highest BCUT2D eigenvalue weighted by Crippen LogP contribution is 2.28. The van der Waals surface area contributed by atoms with Gasteiger partial charge in [-0.2, -0.15) is 10.1 Å². The molecular weight excluding hydrogens is 268 g/mol. The summed E-state index contributed by atoms with van der Waals surface area (Å²) in [6.07, 6.45) is 1.60. The molecule has 0 saturated carbocycles. The zero-order valence-corrected chi connectivity index (χ0v) is 11.9. The van der Waals surface area contributed by atoms with Crippen LogP contribution in [0.2, 0.25) is 0 Å². The first kappa shape index (κ1) is 13.2. The van der Waals surface area contributed by atoms with Gasteiger partial charge < -0.3 is 10.5 Å². The Morgan fingerprint density at radius 2 is 1.95 bits per heavy atom. The minimum Gasteiger partial charge on any atom is -0.402 e. The van der Waals surface area contributed by atoms with Crippen molar-refractivity contribution in [3.63, 3.8) is 0 Å². The molecule has 7 nitrogen and oxygen atoms in total. The fraction of sp³-hybridized carbons (Fsp3) is 0.214. The summed E-state index contributed by atoms with van der Waals surface area (Å²) in [6.45, 7) is 4.46. The highest BCUT2D eigenvalue weighted by Gasteiger charge is 2.16. The molecule has 0 aliphatic rings. The van der Waals surface area contributed by atoms with Crippen molar-refractivity contribution in [2.24, 2.45) is 0 Å². The van der Waals surface area contributed by atoms with E-state index in [1.807, 2.05) is 44.2 Å². The van der Waals surface area contributed by atoms with Crippen LogP contribution < -0.4 is 10.5 Å². The minimum atomic E-state index is 0.236. The number of hydrogen-bond acceptors (Lipinski definition) is 5. The third kappa shape index (κ3) is 2.45. The second kappa shape index (κ2) is 5.28. The molecular formula is C14H16N6O. The second-order valence-electron chi connectivity index (χ2n) is 4.53. The Labute approximate surface area is 122 Å². The number of nitrogens with two attached hydrogens (primary N) is 1. The lowest BCUT2D eigenvalue weighted by atomic mass is 10.3. The molecule has 0 aliphatic heterocycles. The topological polar surface area (TPSA) is 83.8 Å². The number of hydrogen-bond donors (Lipinski definition) is 1. The molecule has 2 aromatic heterocycles. The van der Waals surface area contributed by atoms with Crippen LogP contribution in [0.3, 0.4) is 0 Å². The Morgan fingerprint density at radius 1 is 1.19 bits per heavy atom. The van der Waals surface area contributed by atoms with Gasteiger partial charge in [0, 0.05) is 6.54 Å². The Kier molecular flexibility index (Phi) is 3.31. The molecule has 0 aliphatic carbocycles. The number of ether oxygens (including phenoxy) is 1. The molecule has 108 valence electrons. The van der Waals surface area contributed by atoms with E-state index in [2.05, 4.69) is 15.2 Å². The van der Waals surface area contributed by atoms with E-state index in [0.29, 0.717) is 18.1 Å². The smallest absolute Gasteiger partial charge is 0.342 e. The summed E-state index contributed by atoms with van der Waals surface area (Å²) in [7, 11) is 0. The van der Waals surface area contributed by atoms with Gasteiger partial charge in [-0.3, -0.25) is 0 Å². The normalized spacial score (nSPS) is 10.8. The predicted octanol–water partition coefficient (Wildman–Crippen LogP) is 2.17. The number of aromatic nitrogens is 5. The Hall–Kier alpha value is -2.83. The maximum absolute atomic E-state index is 5.97. The molecule has 2 N–H and O–H groups in total. The fourth-order valence-corrected chi connectivity index (χ4v) is 1.98. The van der Waals surface area contributed by atoms with Crippen molar-refractivity contribution in [1.29, 1.82) is 0 Å². The molecule has 0 saturated heterocycles. The lowest BCUT2D eigenvalue weighted by molar-refractivity contribution is 0.390. The van der Waals surface area contributed by atoms with Gasteiger partial charge in [0.1, 0.15) is 12.0 Å². The van der Waals surface area contributed by atoms with Crippen LogP contribution in [-0.4, -0.2) is 24.5 Å². The summed E-state index contributed by atoms with van der Waals surface area (Å²) in [4.78, 5) is 4.15. The molecule has 1 aromatic carbocycles. The van der Waals surface area contributed by atoms with E-state index in [-0.39, 0.29) is 6.01 Å². The molecule has 0 unspecified atom stereocenters. The van der Waals surface area contributed by atoms with Crippen molar-refractivity contribution < 1.29 is 4.74 Å². The number of aryl methyl sites for hydroxylation is 2. The number of para-hydroxylation sites is 1. The lowest BCUT2D eigenvalue weighted by Crippen LogP contribution is -2.02. The van der Waals surface area contributed by atoms with Crippen molar-refractivity contribution in [3.05, 3.63) is 42.4 Å². The summed E-state index contributed by atoms with van der Waals surface area (Å²) < 4.78 is 9.02. The molecule has 0 amide bonds. The van der Waals surface area contributed by atoms with E-state index < -0.39 is 0 Å². The third-order valence-corrected chi connectivity index (χ3v) is 3.10. The highest BCUT2D eigenvalue weighted by atomic mass is 16.5. The van der Waals surface area contributed by atoms with E-state index >= 15 is 0 Å². The van der Waals surface area contributed by atoms with Gasteiger partial charge in [-0.05, 0) is 26.0 Å². The summed E-state index contributed by atoms with van der Waals surface area (Å²) >= 11 is 0. The van der Waals surface area contributed by atoms with Gasteiger partial charge in [-0.25, -0.2) is 9.36 Å². The van der Waals surface area contributed by atoms with E-state index in [1.54, 1.807) is 15.7 Å². The summed E-state index contributed by atoms with van der Waals surface area (Å²) in [5.74, 6) is 0.473. The second-order valence-corrected chi connectivity index (χ2v) is 4.53. The molecule has 21 heavy (non-hydrogen) atoms. The maximum atomic E-state index is 5.97. The van der Waals surface area contributed by atoms with Gasteiger partial charge >= 0.3 is 6.01 Å². The first-order chi connectivity index (χ1) is 10.2. The maximum Gasteiger partial charge on any atom is 0.342 e. The Bertz CT molecular complexity index is 746. The van der Waals surface area contributed by atoms with Gasteiger partial charge in [0.2, 0.25) is 5.88 Å². The molecule has 0 atom stereocenters. The van der Waals surface area contributed by atoms with Crippen molar-refractivity contribution in [1.82, 2.24) is 24.5 Å². The molecule has 0 bridgehead atoms. The fourth-order valence-electron chi connectivity index (χ4n) is 1.98. The number of benzene rings is 1. The van der Waals surface area contributed by atoms with Gasteiger partial charge in [-0.1, -0.05) is 18.2 Å². The van der Waals surface area contributed by atoms with Crippen LogP contribution in [0.1, 0.15) is 12.6 Å². The van der Waals surface area contributed by atoms with Crippen LogP contribution in [-0.2, 0) is 6.54 Å². The number of anilines is 1. The van der Waals surface area contributed by atoms with E-state index in [0.717, 1.165) is 11.4 Å². The van der Waals surface area contributed by atoms with Crippen molar-refractivity contribution in [2.75, 3.05) is 5.73 Å². The van der Waals surface area contributed by atoms with Gasteiger partial charge in [0.25, 0.3) is 0 Å². The van der Waals surface area contributed by atoms with E-state index in [9.17, 15) is 0 Å². The molecule has 3 aromatic rings. The number of rotatable bonds is 4. The van der Waals surface area contributed by atoms with Crippen LogP contribution in [0.25, 0.3) is 5.69 Å². The molecule has 0 fully saturated rings. The predicted molar refractivity (Wildman–Crippen MR) is 78.5 cm³/mol. The van der Waals surface area contributed by atoms with Gasteiger partial charge in [-0.15, -0.1) is 5.10 Å². The Morgan fingerprint density at radius 3 is 2.67 bits per heavy atom. The zero-order chi connectivity index (χ0) is 14.8. The van der Waals surface area contributed by atoms with Gasteiger partial charge in [0.05, 0.1) is 11.4 Å². The van der Waals surface area contributed by atoms with Gasteiger partial charge in [0.15, 0.2) is 0 Å². The minimum absolute atomic E-state index is 0.236. The first-order valence-electron chi connectivity index (χ1n) is 6.67. The average molecular weight is 284 g/mol. The van der Waals surface area contributed by atoms with E-state index in [1.165, 1.54) is 0 Å². The average Bonchev–Trinajstić information content (AvgIpc) is 3.08. The largest absolute Gasteiger partial charge is 0.402 e. The Balaban J connectivity index is 1.89. The van der Waals surface area contributed by atoms with E-state index in [4.69, 9.17) is 10.5 Å². The van der Waals surface area contributed by atoms with Crippen LogP contribution in [0.4, 0.5) is 5.69 Å². The highest BCUT2D eigenvalue weighted by molar-refractivity contribution is 5.53. The molecule has 0 spiro atoms. The van der Waals surface area contributed by atoms with Crippen molar-refractivity contribution in [2.45, 2.75) is 20.4 Å². The van der Waals surface area contributed by atoms with Crippen LogP contribution in [0, 0.1) is 6.92 Å². The number of nitrogens with zero attached hydrogens (tertiary/aromatic N) is 5. The standard InChI is InChI=1S/C14H16N6O/c1-3-19-13(12(15)10(2)17-19)21-14-16-9-20(18-14)11-7-5-4-6-8-11/h4-9H,3,15H2,1-2H3. The third-order valence-electron chi connectivity index (χ3n) is 3.10. The first-order valence-corrected chi connectivity index (χ1v) is 6.67. The van der Waals surface area contributed by atoms with Crippen LogP contribution in [0.15, 0.2) is 36.7 Å². The van der Waals surface area contributed by atoms with Crippen LogP contribution in [0.5, 0.6) is 11.9 Å². The van der Waals surface area contributed by atoms with Crippen molar-refractivity contribution >= 4 is 5.69 Å².